The summed E-state index contributed by atoms with van der Waals surface area (Å²) in [6.45, 7) is 0.368. The number of pyridine rings is 1. The molecule has 1 heterocycles. The van der Waals surface area contributed by atoms with Crippen LogP contribution >= 0.6 is 23.2 Å². The van der Waals surface area contributed by atoms with E-state index >= 15 is 0 Å². The summed E-state index contributed by atoms with van der Waals surface area (Å²) < 4.78 is 12.2. The molecule has 3 nitrogen and oxygen atoms in total. The normalized spacial score (nSPS) is 12.4. The largest absolute Gasteiger partial charge is 0.325 e. The molecule has 0 saturated carbocycles. The van der Waals surface area contributed by atoms with Crippen molar-refractivity contribution in [3.63, 3.8) is 0 Å². The van der Waals surface area contributed by atoms with Gasteiger partial charge in [-0.3, -0.25) is 9.19 Å². The third-order valence-electron chi connectivity index (χ3n) is 2.54. The summed E-state index contributed by atoms with van der Waals surface area (Å²) in [4.78, 5) is 4.75. The summed E-state index contributed by atoms with van der Waals surface area (Å²) in [7, 11) is -1.17. The average Bonchev–Trinajstić information content (AvgIpc) is 2.42. The molecule has 0 aliphatic heterocycles. The van der Waals surface area contributed by atoms with Gasteiger partial charge in [-0.2, -0.15) is 0 Å². The molecule has 0 radical (unpaired) electrons. The van der Waals surface area contributed by atoms with Crippen LogP contribution in [0, 0.1) is 0 Å². The predicted molar refractivity (Wildman–Crippen MR) is 78.7 cm³/mol. The molecule has 1 unspecified atom stereocenters. The molecule has 2 aromatic rings. The monoisotopic (exact) mass is 314 g/mol. The summed E-state index contributed by atoms with van der Waals surface area (Å²) in [5.41, 5.74) is 7.24. The van der Waals surface area contributed by atoms with Gasteiger partial charge < -0.3 is 5.73 Å². The first-order valence-corrected chi connectivity index (χ1v) is 7.65. The van der Waals surface area contributed by atoms with Gasteiger partial charge >= 0.3 is 0 Å². The minimum absolute atomic E-state index is 0.368. The molecule has 19 heavy (non-hydrogen) atoms. The quantitative estimate of drug-likeness (QED) is 0.943. The Labute approximate surface area is 124 Å². The highest BCUT2D eigenvalue weighted by Crippen LogP contribution is 2.25. The van der Waals surface area contributed by atoms with E-state index in [0.29, 0.717) is 27.2 Å². The topological polar surface area (TPSA) is 56.0 Å². The zero-order valence-electron chi connectivity index (χ0n) is 9.98. The van der Waals surface area contributed by atoms with Gasteiger partial charge in [0.15, 0.2) is 0 Å². The van der Waals surface area contributed by atoms with Crippen molar-refractivity contribution in [1.82, 2.24) is 4.98 Å². The van der Waals surface area contributed by atoms with Crippen molar-refractivity contribution in [3.8, 4) is 0 Å². The van der Waals surface area contributed by atoms with Crippen molar-refractivity contribution < 1.29 is 4.21 Å². The van der Waals surface area contributed by atoms with Crippen LogP contribution in [0.1, 0.15) is 11.3 Å². The smallest absolute Gasteiger partial charge is 0.0604 e. The molecule has 0 fully saturated rings. The lowest BCUT2D eigenvalue weighted by atomic mass is 10.2. The Morgan fingerprint density at radius 2 is 1.95 bits per heavy atom. The zero-order chi connectivity index (χ0) is 13.8. The number of aromatic nitrogens is 1. The highest BCUT2D eigenvalue weighted by Gasteiger charge is 2.08. The van der Waals surface area contributed by atoms with E-state index in [-0.39, 0.29) is 0 Å². The fraction of sp³-hybridized carbons (Fsp3) is 0.154. The Balaban J connectivity index is 2.18. The fourth-order valence-corrected chi connectivity index (χ4v) is 3.06. The lowest BCUT2D eigenvalue weighted by Crippen LogP contribution is -2.02. The van der Waals surface area contributed by atoms with Crippen molar-refractivity contribution >= 4 is 34.0 Å². The predicted octanol–water partition coefficient (Wildman–Crippen LogP) is 3.15. The van der Waals surface area contributed by atoms with E-state index in [1.165, 1.54) is 0 Å². The molecular weight excluding hydrogens is 303 g/mol. The van der Waals surface area contributed by atoms with E-state index in [9.17, 15) is 4.21 Å². The fourth-order valence-electron chi connectivity index (χ4n) is 1.58. The minimum atomic E-state index is -1.17. The Bertz CT molecular complexity index is 619. The van der Waals surface area contributed by atoms with Crippen molar-refractivity contribution in [1.29, 1.82) is 0 Å². The van der Waals surface area contributed by atoms with Gasteiger partial charge in [-0.1, -0.05) is 23.2 Å². The molecule has 0 bridgehead atoms. The number of halogens is 2. The molecule has 0 aliphatic carbocycles. The van der Waals surface area contributed by atoms with Crippen LogP contribution in [0.25, 0.3) is 0 Å². The maximum atomic E-state index is 12.2. The van der Waals surface area contributed by atoms with Gasteiger partial charge in [-0.15, -0.1) is 0 Å². The zero-order valence-corrected chi connectivity index (χ0v) is 12.3. The van der Waals surface area contributed by atoms with Gasteiger partial charge in [-0.25, -0.2) is 0 Å². The number of nitrogens with zero attached hydrogens (tertiary/aromatic N) is 1. The van der Waals surface area contributed by atoms with Crippen LogP contribution in [-0.4, -0.2) is 9.19 Å². The molecule has 1 atom stereocenters. The number of hydrogen-bond acceptors (Lipinski definition) is 3. The van der Waals surface area contributed by atoms with Crippen molar-refractivity contribution in [3.05, 3.63) is 57.8 Å². The first-order valence-electron chi connectivity index (χ1n) is 5.57. The molecule has 0 spiro atoms. The highest BCUT2D eigenvalue weighted by molar-refractivity contribution is 7.84. The van der Waals surface area contributed by atoms with Crippen LogP contribution in [0.4, 0.5) is 0 Å². The van der Waals surface area contributed by atoms with Gasteiger partial charge in [-0.05, 0) is 35.9 Å². The second-order valence-corrected chi connectivity index (χ2v) is 6.19. The Morgan fingerprint density at radius 1 is 1.16 bits per heavy atom. The SMILES string of the molecule is NCc1cc(CS(=O)c2ccc(Cl)c(Cl)c2)ccn1. The lowest BCUT2D eigenvalue weighted by molar-refractivity contribution is 0.682. The van der Waals surface area contributed by atoms with E-state index in [0.717, 1.165) is 11.3 Å². The third kappa shape index (κ3) is 3.76. The van der Waals surface area contributed by atoms with Crippen LogP contribution in [0.5, 0.6) is 0 Å². The molecule has 6 heteroatoms. The summed E-state index contributed by atoms with van der Waals surface area (Å²) in [6.07, 6.45) is 1.67. The first kappa shape index (κ1) is 14.5. The molecule has 2 N–H and O–H groups in total. The lowest BCUT2D eigenvalue weighted by Gasteiger charge is -2.05. The van der Waals surface area contributed by atoms with Gasteiger partial charge in [0.1, 0.15) is 0 Å². The number of nitrogens with two attached hydrogens (primary N) is 1. The minimum Gasteiger partial charge on any atom is -0.325 e. The maximum Gasteiger partial charge on any atom is 0.0604 e. The summed E-state index contributed by atoms with van der Waals surface area (Å²) >= 11 is 11.7. The van der Waals surface area contributed by atoms with Gasteiger partial charge in [0, 0.05) is 17.6 Å². The maximum absolute atomic E-state index is 12.2. The molecule has 2 rings (SSSR count). The van der Waals surface area contributed by atoms with E-state index in [4.69, 9.17) is 28.9 Å². The van der Waals surface area contributed by atoms with Crippen LogP contribution in [-0.2, 0) is 23.1 Å². The van der Waals surface area contributed by atoms with E-state index in [1.54, 1.807) is 24.4 Å². The Kier molecular flexibility index (Phi) is 4.93. The Hall–Kier alpha value is -0.940. The molecule has 100 valence electrons. The van der Waals surface area contributed by atoms with Crippen LogP contribution < -0.4 is 5.73 Å². The van der Waals surface area contributed by atoms with Gasteiger partial charge in [0.2, 0.25) is 0 Å². The summed E-state index contributed by atoms with van der Waals surface area (Å²) in [5, 5.41) is 0.863. The highest BCUT2D eigenvalue weighted by atomic mass is 35.5. The molecule has 0 aliphatic rings. The first-order chi connectivity index (χ1) is 9.10. The van der Waals surface area contributed by atoms with E-state index < -0.39 is 10.8 Å². The summed E-state index contributed by atoms with van der Waals surface area (Å²) in [5.74, 6) is 0.396. The second-order valence-electron chi connectivity index (χ2n) is 3.93. The number of rotatable bonds is 4. The third-order valence-corrected chi connectivity index (χ3v) is 4.66. The average molecular weight is 315 g/mol. The molecular formula is C13H12Cl2N2OS. The molecule has 1 aromatic carbocycles. The van der Waals surface area contributed by atoms with Crippen LogP contribution in [0.3, 0.4) is 0 Å². The Morgan fingerprint density at radius 3 is 2.63 bits per heavy atom. The standard InChI is InChI=1S/C13H12Cl2N2OS/c14-12-2-1-11(6-13(12)15)19(18)8-9-3-4-17-10(5-9)7-16/h1-6H,7-8,16H2. The van der Waals surface area contributed by atoms with Crippen molar-refractivity contribution in [2.24, 2.45) is 5.73 Å². The number of hydrogen-bond donors (Lipinski definition) is 1. The van der Waals surface area contributed by atoms with Gasteiger partial charge in [0.05, 0.1) is 32.3 Å². The molecule has 1 aromatic heterocycles. The van der Waals surface area contributed by atoms with E-state index in [2.05, 4.69) is 4.98 Å². The van der Waals surface area contributed by atoms with Crippen LogP contribution in [0.2, 0.25) is 10.0 Å². The number of benzene rings is 1. The van der Waals surface area contributed by atoms with Crippen LogP contribution in [0.15, 0.2) is 41.4 Å². The van der Waals surface area contributed by atoms with Crippen molar-refractivity contribution in [2.75, 3.05) is 0 Å². The van der Waals surface area contributed by atoms with E-state index in [1.807, 2.05) is 12.1 Å². The van der Waals surface area contributed by atoms with Crippen molar-refractivity contribution in [2.45, 2.75) is 17.2 Å². The van der Waals surface area contributed by atoms with Gasteiger partial charge in [0.25, 0.3) is 0 Å². The second kappa shape index (κ2) is 6.48. The molecule has 0 saturated heterocycles. The summed E-state index contributed by atoms with van der Waals surface area (Å²) in [6, 6.07) is 8.68. The molecule has 0 amide bonds.